The van der Waals surface area contributed by atoms with Gasteiger partial charge in [-0.3, -0.25) is 9.69 Å². The van der Waals surface area contributed by atoms with Crippen molar-refractivity contribution in [2.75, 3.05) is 32.7 Å². The molecule has 4 heteroatoms. The lowest BCUT2D eigenvalue weighted by molar-refractivity contribution is -0.133. The largest absolute Gasteiger partial charge is 0.338 e. The van der Waals surface area contributed by atoms with E-state index in [1.54, 1.807) is 6.92 Å². The van der Waals surface area contributed by atoms with Gasteiger partial charge in [0.2, 0.25) is 5.91 Å². The molecular formula is C9H19N3O. The Bertz CT molecular complexity index is 184. The summed E-state index contributed by atoms with van der Waals surface area (Å²) >= 11 is 0. The van der Waals surface area contributed by atoms with Crippen LogP contribution in [0.15, 0.2) is 0 Å². The summed E-state index contributed by atoms with van der Waals surface area (Å²) in [7, 11) is 0. The fourth-order valence-corrected chi connectivity index (χ4v) is 1.89. The summed E-state index contributed by atoms with van der Waals surface area (Å²) in [5.41, 5.74) is 5.48. The lowest BCUT2D eigenvalue weighted by Crippen LogP contribution is -2.54. The SMILES string of the molecule is CC(=O)N1CCN(CCN)C[C@@H]1C. The highest BCUT2D eigenvalue weighted by molar-refractivity contribution is 5.73. The Kier molecular flexibility index (Phi) is 3.69. The molecule has 76 valence electrons. The summed E-state index contributed by atoms with van der Waals surface area (Å²) in [5.74, 6) is 0.180. The average molecular weight is 185 g/mol. The van der Waals surface area contributed by atoms with Gasteiger partial charge in [0.1, 0.15) is 0 Å². The molecule has 0 unspecified atom stereocenters. The van der Waals surface area contributed by atoms with Crippen LogP contribution >= 0.6 is 0 Å². The molecule has 13 heavy (non-hydrogen) atoms. The first-order chi connectivity index (χ1) is 6.15. The van der Waals surface area contributed by atoms with Gasteiger partial charge < -0.3 is 10.6 Å². The van der Waals surface area contributed by atoms with Crippen molar-refractivity contribution in [1.82, 2.24) is 9.80 Å². The summed E-state index contributed by atoms with van der Waals surface area (Å²) < 4.78 is 0. The lowest BCUT2D eigenvalue weighted by Gasteiger charge is -2.39. The Morgan fingerprint density at radius 3 is 2.69 bits per heavy atom. The number of amides is 1. The standard InChI is InChI=1S/C9H19N3O/c1-8-7-11(4-3-10)5-6-12(8)9(2)13/h8H,3-7,10H2,1-2H3/t8-/m0/s1. The van der Waals surface area contributed by atoms with E-state index in [0.29, 0.717) is 12.6 Å². The van der Waals surface area contributed by atoms with Crippen LogP contribution in [-0.2, 0) is 4.79 Å². The third-order valence-corrected chi connectivity index (χ3v) is 2.56. The summed E-state index contributed by atoms with van der Waals surface area (Å²) in [6, 6.07) is 0.331. The van der Waals surface area contributed by atoms with Crippen LogP contribution in [0.5, 0.6) is 0 Å². The third kappa shape index (κ3) is 2.67. The topological polar surface area (TPSA) is 49.6 Å². The van der Waals surface area contributed by atoms with Crippen molar-refractivity contribution in [3.05, 3.63) is 0 Å². The predicted octanol–water partition coefficient (Wildman–Crippen LogP) is -0.502. The van der Waals surface area contributed by atoms with E-state index in [2.05, 4.69) is 11.8 Å². The molecule has 0 bridgehead atoms. The van der Waals surface area contributed by atoms with Crippen molar-refractivity contribution in [3.8, 4) is 0 Å². The summed E-state index contributed by atoms with van der Waals surface area (Å²) in [6.07, 6.45) is 0. The maximum Gasteiger partial charge on any atom is 0.219 e. The van der Waals surface area contributed by atoms with E-state index in [9.17, 15) is 4.79 Å². The molecule has 1 saturated heterocycles. The van der Waals surface area contributed by atoms with Crippen LogP contribution in [0.4, 0.5) is 0 Å². The molecule has 1 amide bonds. The smallest absolute Gasteiger partial charge is 0.219 e. The van der Waals surface area contributed by atoms with Crippen LogP contribution in [-0.4, -0.2) is 54.5 Å². The van der Waals surface area contributed by atoms with Gasteiger partial charge in [-0.05, 0) is 6.92 Å². The minimum absolute atomic E-state index is 0.180. The molecule has 4 nitrogen and oxygen atoms in total. The van der Waals surface area contributed by atoms with Gasteiger partial charge in [-0.25, -0.2) is 0 Å². The van der Waals surface area contributed by atoms with E-state index in [1.165, 1.54) is 0 Å². The number of hydrogen-bond donors (Lipinski definition) is 1. The van der Waals surface area contributed by atoms with Gasteiger partial charge in [0.25, 0.3) is 0 Å². The molecule has 0 saturated carbocycles. The second-order valence-corrected chi connectivity index (χ2v) is 3.65. The highest BCUT2D eigenvalue weighted by Gasteiger charge is 2.24. The number of carbonyl (C=O) groups excluding carboxylic acids is 1. The van der Waals surface area contributed by atoms with Gasteiger partial charge in [0.15, 0.2) is 0 Å². The zero-order chi connectivity index (χ0) is 9.84. The molecule has 0 spiro atoms. The molecule has 1 aliphatic heterocycles. The molecule has 0 aliphatic carbocycles. The fraction of sp³-hybridized carbons (Fsp3) is 0.889. The van der Waals surface area contributed by atoms with Gasteiger partial charge in [0.05, 0.1) is 0 Å². The molecule has 0 radical (unpaired) electrons. The first-order valence-corrected chi connectivity index (χ1v) is 4.84. The summed E-state index contributed by atoms with van der Waals surface area (Å²) in [6.45, 7) is 8.12. The quantitative estimate of drug-likeness (QED) is 0.631. The second-order valence-electron chi connectivity index (χ2n) is 3.65. The number of rotatable bonds is 2. The monoisotopic (exact) mass is 185 g/mol. The Labute approximate surface area is 79.7 Å². The van der Waals surface area contributed by atoms with E-state index in [-0.39, 0.29) is 5.91 Å². The fourth-order valence-electron chi connectivity index (χ4n) is 1.89. The minimum Gasteiger partial charge on any atom is -0.338 e. The maximum absolute atomic E-state index is 11.2. The van der Waals surface area contributed by atoms with Gasteiger partial charge in [-0.1, -0.05) is 0 Å². The molecule has 1 aliphatic rings. The second kappa shape index (κ2) is 4.58. The molecule has 0 aromatic carbocycles. The van der Waals surface area contributed by atoms with Gasteiger partial charge in [-0.2, -0.15) is 0 Å². The van der Waals surface area contributed by atoms with E-state index in [4.69, 9.17) is 5.73 Å². The van der Waals surface area contributed by atoms with Crippen LogP contribution in [0.3, 0.4) is 0 Å². The van der Waals surface area contributed by atoms with Crippen LogP contribution < -0.4 is 5.73 Å². The zero-order valence-electron chi connectivity index (χ0n) is 8.49. The van der Waals surface area contributed by atoms with E-state index >= 15 is 0 Å². The van der Waals surface area contributed by atoms with Crippen molar-refractivity contribution in [1.29, 1.82) is 0 Å². The van der Waals surface area contributed by atoms with Crippen molar-refractivity contribution < 1.29 is 4.79 Å². The van der Waals surface area contributed by atoms with Crippen molar-refractivity contribution in [2.24, 2.45) is 5.73 Å². The zero-order valence-corrected chi connectivity index (χ0v) is 8.49. The summed E-state index contributed by atoms with van der Waals surface area (Å²) in [4.78, 5) is 15.4. The third-order valence-electron chi connectivity index (χ3n) is 2.56. The minimum atomic E-state index is 0.180. The Morgan fingerprint density at radius 1 is 1.54 bits per heavy atom. The van der Waals surface area contributed by atoms with Crippen molar-refractivity contribution >= 4 is 5.91 Å². The van der Waals surface area contributed by atoms with Crippen molar-refractivity contribution in [3.63, 3.8) is 0 Å². The highest BCUT2D eigenvalue weighted by Crippen LogP contribution is 2.08. The van der Waals surface area contributed by atoms with E-state index in [0.717, 1.165) is 26.2 Å². The maximum atomic E-state index is 11.2. The average Bonchev–Trinajstić information content (AvgIpc) is 2.04. The number of hydrogen-bond acceptors (Lipinski definition) is 3. The number of nitrogens with two attached hydrogens (primary N) is 1. The first-order valence-electron chi connectivity index (χ1n) is 4.84. The molecule has 1 heterocycles. The highest BCUT2D eigenvalue weighted by atomic mass is 16.2. The molecule has 0 aromatic heterocycles. The Balaban J connectivity index is 2.42. The van der Waals surface area contributed by atoms with Crippen LogP contribution in [0, 0.1) is 0 Å². The number of carbonyl (C=O) groups is 1. The predicted molar refractivity (Wildman–Crippen MR) is 52.3 cm³/mol. The lowest BCUT2D eigenvalue weighted by atomic mass is 10.2. The van der Waals surface area contributed by atoms with Gasteiger partial charge >= 0.3 is 0 Å². The van der Waals surface area contributed by atoms with Crippen LogP contribution in [0.1, 0.15) is 13.8 Å². The van der Waals surface area contributed by atoms with E-state index in [1.807, 2.05) is 4.90 Å². The molecule has 0 aromatic rings. The molecular weight excluding hydrogens is 166 g/mol. The Hall–Kier alpha value is -0.610. The van der Waals surface area contributed by atoms with Crippen LogP contribution in [0.2, 0.25) is 0 Å². The number of piperazine rings is 1. The molecule has 1 rings (SSSR count). The molecule has 2 N–H and O–H groups in total. The van der Waals surface area contributed by atoms with E-state index < -0.39 is 0 Å². The normalized spacial score (nSPS) is 24.8. The molecule has 1 atom stereocenters. The van der Waals surface area contributed by atoms with Crippen LogP contribution in [0.25, 0.3) is 0 Å². The first kappa shape index (κ1) is 10.5. The van der Waals surface area contributed by atoms with Gasteiger partial charge in [-0.15, -0.1) is 0 Å². The summed E-state index contributed by atoms with van der Waals surface area (Å²) in [5, 5.41) is 0. The number of nitrogens with zero attached hydrogens (tertiary/aromatic N) is 2. The Morgan fingerprint density at radius 2 is 2.23 bits per heavy atom. The van der Waals surface area contributed by atoms with Crippen molar-refractivity contribution in [2.45, 2.75) is 19.9 Å². The van der Waals surface area contributed by atoms with Gasteiger partial charge in [0, 0.05) is 45.7 Å². The molecule has 1 fully saturated rings.